The van der Waals surface area contributed by atoms with Gasteiger partial charge in [0.05, 0.1) is 11.5 Å². The molecule has 0 atom stereocenters. The first kappa shape index (κ1) is 15.9. The van der Waals surface area contributed by atoms with E-state index in [1.807, 2.05) is 19.9 Å². The van der Waals surface area contributed by atoms with Crippen molar-refractivity contribution in [1.82, 2.24) is 19.9 Å². The third-order valence-electron chi connectivity index (χ3n) is 4.19. The molecule has 0 radical (unpaired) electrons. The predicted octanol–water partition coefficient (Wildman–Crippen LogP) is 0.901. The Morgan fingerprint density at radius 3 is 2.70 bits per heavy atom. The van der Waals surface area contributed by atoms with Crippen LogP contribution in [0, 0.1) is 19.8 Å². The minimum absolute atomic E-state index is 0.210. The fourth-order valence-electron chi connectivity index (χ4n) is 2.87. The van der Waals surface area contributed by atoms with Gasteiger partial charge in [0.2, 0.25) is 0 Å². The number of hydrogen-bond donors (Lipinski definition) is 1. The Hall–Kier alpha value is -1.96. The first-order valence-corrected chi connectivity index (χ1v) is 9.49. The minimum atomic E-state index is -2.87. The predicted molar refractivity (Wildman–Crippen MR) is 86.2 cm³/mol. The highest BCUT2D eigenvalue weighted by molar-refractivity contribution is 7.91. The van der Waals surface area contributed by atoms with Crippen LogP contribution in [0.25, 0.3) is 5.65 Å². The van der Waals surface area contributed by atoms with Crippen LogP contribution in [0.5, 0.6) is 0 Å². The van der Waals surface area contributed by atoms with E-state index in [1.165, 1.54) is 0 Å². The number of aromatic nitrogens is 3. The topological polar surface area (TPSA) is 93.4 Å². The molecule has 23 heavy (non-hydrogen) atoms. The van der Waals surface area contributed by atoms with Crippen molar-refractivity contribution in [3.63, 3.8) is 0 Å². The van der Waals surface area contributed by atoms with Crippen LogP contribution >= 0.6 is 0 Å². The zero-order valence-electron chi connectivity index (χ0n) is 13.2. The van der Waals surface area contributed by atoms with E-state index in [2.05, 4.69) is 15.4 Å². The summed E-state index contributed by atoms with van der Waals surface area (Å²) in [7, 11) is -2.87. The number of sulfone groups is 1. The van der Waals surface area contributed by atoms with E-state index in [1.54, 1.807) is 10.6 Å². The van der Waals surface area contributed by atoms with Gasteiger partial charge in [0.25, 0.3) is 5.91 Å². The Labute approximate surface area is 135 Å². The molecule has 0 saturated carbocycles. The molecule has 3 rings (SSSR count). The van der Waals surface area contributed by atoms with Crippen molar-refractivity contribution in [2.45, 2.75) is 26.7 Å². The molecule has 124 valence electrons. The van der Waals surface area contributed by atoms with E-state index in [4.69, 9.17) is 0 Å². The van der Waals surface area contributed by atoms with E-state index in [-0.39, 0.29) is 23.3 Å². The van der Waals surface area contributed by atoms with Crippen molar-refractivity contribution in [3.05, 3.63) is 29.2 Å². The van der Waals surface area contributed by atoms with Crippen LogP contribution in [0.15, 0.2) is 12.1 Å². The molecule has 8 heteroatoms. The number of aryl methyl sites for hydroxylation is 2. The van der Waals surface area contributed by atoms with Crippen molar-refractivity contribution in [2.24, 2.45) is 5.92 Å². The maximum atomic E-state index is 12.2. The Kier molecular flexibility index (Phi) is 4.09. The van der Waals surface area contributed by atoms with Crippen molar-refractivity contribution in [1.29, 1.82) is 0 Å². The second-order valence-electron chi connectivity index (χ2n) is 6.14. The SMILES string of the molecule is Cc1cc(C)n2nc(C(=O)NCC3CCS(=O)(=O)CC3)cc2n1. The monoisotopic (exact) mass is 336 g/mol. The van der Waals surface area contributed by atoms with Gasteiger partial charge in [-0.05, 0) is 38.7 Å². The zero-order valence-corrected chi connectivity index (χ0v) is 14.1. The summed E-state index contributed by atoms with van der Waals surface area (Å²) < 4.78 is 24.5. The molecule has 2 aromatic rings. The molecule has 1 aliphatic heterocycles. The highest BCUT2D eigenvalue weighted by atomic mass is 32.2. The smallest absolute Gasteiger partial charge is 0.271 e. The van der Waals surface area contributed by atoms with E-state index in [0.29, 0.717) is 30.7 Å². The number of carbonyl (C=O) groups is 1. The number of nitrogens with zero attached hydrogens (tertiary/aromatic N) is 3. The van der Waals surface area contributed by atoms with Gasteiger partial charge in [-0.3, -0.25) is 4.79 Å². The highest BCUT2D eigenvalue weighted by Gasteiger charge is 2.24. The van der Waals surface area contributed by atoms with E-state index >= 15 is 0 Å². The molecule has 0 aromatic carbocycles. The normalized spacial score (nSPS) is 18.2. The van der Waals surface area contributed by atoms with Crippen LogP contribution in [0.4, 0.5) is 0 Å². The number of carbonyl (C=O) groups excluding carboxylic acids is 1. The van der Waals surface area contributed by atoms with E-state index < -0.39 is 9.84 Å². The summed E-state index contributed by atoms with van der Waals surface area (Å²) in [5.74, 6) is 0.386. The van der Waals surface area contributed by atoms with Gasteiger partial charge in [-0.2, -0.15) is 5.10 Å². The minimum Gasteiger partial charge on any atom is -0.350 e. The summed E-state index contributed by atoms with van der Waals surface area (Å²) in [6, 6.07) is 3.57. The first-order chi connectivity index (χ1) is 10.8. The molecule has 0 spiro atoms. The first-order valence-electron chi connectivity index (χ1n) is 7.67. The van der Waals surface area contributed by atoms with Gasteiger partial charge in [-0.25, -0.2) is 17.9 Å². The van der Waals surface area contributed by atoms with Gasteiger partial charge in [-0.15, -0.1) is 0 Å². The van der Waals surface area contributed by atoms with Crippen LogP contribution in [0.1, 0.15) is 34.7 Å². The number of rotatable bonds is 3. The van der Waals surface area contributed by atoms with Crippen LogP contribution in [0.2, 0.25) is 0 Å². The summed E-state index contributed by atoms with van der Waals surface area (Å²) in [4.78, 5) is 16.6. The summed E-state index contributed by atoms with van der Waals surface area (Å²) >= 11 is 0. The molecule has 1 N–H and O–H groups in total. The lowest BCUT2D eigenvalue weighted by Gasteiger charge is -2.21. The quantitative estimate of drug-likeness (QED) is 0.899. The molecule has 1 aliphatic rings. The standard InChI is InChI=1S/C15H20N4O3S/c1-10-7-11(2)19-14(17-10)8-13(18-19)15(20)16-9-12-3-5-23(21,22)6-4-12/h7-8,12H,3-6,9H2,1-2H3,(H,16,20). The molecule has 1 amide bonds. The van der Waals surface area contributed by atoms with Gasteiger partial charge in [0, 0.05) is 24.0 Å². The molecule has 1 saturated heterocycles. The average molecular weight is 336 g/mol. The zero-order chi connectivity index (χ0) is 16.6. The van der Waals surface area contributed by atoms with Crippen molar-refractivity contribution in [2.75, 3.05) is 18.1 Å². The fraction of sp³-hybridized carbons (Fsp3) is 0.533. The molecule has 7 nitrogen and oxygen atoms in total. The molecular weight excluding hydrogens is 316 g/mol. The highest BCUT2D eigenvalue weighted by Crippen LogP contribution is 2.18. The van der Waals surface area contributed by atoms with Gasteiger partial charge in [-0.1, -0.05) is 0 Å². The second kappa shape index (κ2) is 5.92. The fourth-order valence-corrected chi connectivity index (χ4v) is 4.46. The summed E-state index contributed by atoms with van der Waals surface area (Å²) in [5, 5.41) is 7.14. The molecule has 0 bridgehead atoms. The van der Waals surface area contributed by atoms with Crippen molar-refractivity contribution < 1.29 is 13.2 Å². The van der Waals surface area contributed by atoms with Crippen LogP contribution < -0.4 is 5.32 Å². The van der Waals surface area contributed by atoms with E-state index in [9.17, 15) is 13.2 Å². The number of fused-ring (bicyclic) bond motifs is 1. The van der Waals surface area contributed by atoms with Gasteiger partial charge in [0.15, 0.2) is 11.3 Å². The van der Waals surface area contributed by atoms with Crippen LogP contribution in [-0.4, -0.2) is 47.0 Å². The lowest BCUT2D eigenvalue weighted by atomic mass is 10.0. The Morgan fingerprint density at radius 1 is 1.30 bits per heavy atom. The summed E-state index contributed by atoms with van der Waals surface area (Å²) in [5.41, 5.74) is 2.78. The van der Waals surface area contributed by atoms with Crippen LogP contribution in [-0.2, 0) is 9.84 Å². The third-order valence-corrected chi connectivity index (χ3v) is 5.91. The number of amides is 1. The Balaban J connectivity index is 1.66. The Bertz CT molecular complexity index is 843. The van der Waals surface area contributed by atoms with Gasteiger partial charge in [0.1, 0.15) is 9.84 Å². The second-order valence-corrected chi connectivity index (χ2v) is 8.45. The van der Waals surface area contributed by atoms with Crippen molar-refractivity contribution in [3.8, 4) is 0 Å². The van der Waals surface area contributed by atoms with Gasteiger partial charge >= 0.3 is 0 Å². The lowest BCUT2D eigenvalue weighted by molar-refractivity contribution is 0.0941. The van der Waals surface area contributed by atoms with Gasteiger partial charge < -0.3 is 5.32 Å². The van der Waals surface area contributed by atoms with E-state index in [0.717, 1.165) is 11.4 Å². The molecule has 0 aliphatic carbocycles. The summed E-state index contributed by atoms with van der Waals surface area (Å²) in [6.45, 7) is 4.30. The Morgan fingerprint density at radius 2 is 2.00 bits per heavy atom. The number of nitrogens with one attached hydrogen (secondary N) is 1. The molecule has 3 heterocycles. The molecule has 1 fully saturated rings. The number of hydrogen-bond acceptors (Lipinski definition) is 5. The lowest BCUT2D eigenvalue weighted by Crippen LogP contribution is -2.34. The maximum Gasteiger partial charge on any atom is 0.271 e. The third kappa shape index (κ3) is 3.52. The van der Waals surface area contributed by atoms with Crippen molar-refractivity contribution >= 4 is 21.4 Å². The molecule has 2 aromatic heterocycles. The van der Waals surface area contributed by atoms with Crippen LogP contribution in [0.3, 0.4) is 0 Å². The maximum absolute atomic E-state index is 12.2. The molecular formula is C15H20N4O3S. The summed E-state index contributed by atoms with van der Waals surface area (Å²) in [6.07, 6.45) is 1.21. The molecule has 0 unspecified atom stereocenters. The largest absolute Gasteiger partial charge is 0.350 e. The average Bonchev–Trinajstić information content (AvgIpc) is 2.90.